The van der Waals surface area contributed by atoms with Crippen molar-refractivity contribution in [1.29, 1.82) is 0 Å². The summed E-state index contributed by atoms with van der Waals surface area (Å²) in [6, 6.07) is 23.4. The third-order valence-corrected chi connectivity index (χ3v) is 4.75. The predicted octanol–water partition coefficient (Wildman–Crippen LogP) is 6.31. The lowest BCUT2D eigenvalue weighted by molar-refractivity contribution is 0.151. The van der Waals surface area contributed by atoms with E-state index in [9.17, 15) is 8.78 Å². The van der Waals surface area contributed by atoms with Gasteiger partial charge >= 0.3 is 0 Å². The van der Waals surface area contributed by atoms with E-state index in [-0.39, 0.29) is 5.56 Å². The second-order valence-corrected chi connectivity index (χ2v) is 6.34. The fraction of sp³-hybridized carbons (Fsp3) is 0.130. The van der Waals surface area contributed by atoms with Crippen LogP contribution in [0.2, 0.25) is 0 Å². The molecule has 1 aliphatic carbocycles. The average molecular weight is 332 g/mol. The molecule has 124 valence electrons. The van der Waals surface area contributed by atoms with E-state index < -0.39 is 6.43 Å². The highest BCUT2D eigenvalue weighted by atomic mass is 19.3. The van der Waals surface area contributed by atoms with Crippen LogP contribution in [-0.4, -0.2) is 0 Å². The number of benzene rings is 3. The molecule has 0 aliphatic heterocycles. The van der Waals surface area contributed by atoms with E-state index in [1.165, 1.54) is 28.3 Å². The van der Waals surface area contributed by atoms with Crippen LogP contribution in [0, 0.1) is 0 Å². The molecular formula is C23H18F2. The zero-order valence-corrected chi connectivity index (χ0v) is 13.8. The zero-order valence-electron chi connectivity index (χ0n) is 13.8. The van der Waals surface area contributed by atoms with Crippen LogP contribution >= 0.6 is 0 Å². The Morgan fingerprint density at radius 1 is 0.720 bits per heavy atom. The molecule has 0 amide bonds. The first-order valence-electron chi connectivity index (χ1n) is 8.49. The molecule has 4 rings (SSSR count). The average Bonchev–Trinajstić information content (AvgIpc) is 2.80. The monoisotopic (exact) mass is 332 g/mol. The lowest BCUT2D eigenvalue weighted by atomic mass is 9.92. The molecule has 3 aromatic rings. The Hall–Kier alpha value is -2.74. The minimum atomic E-state index is -2.45. The fourth-order valence-corrected chi connectivity index (χ4v) is 3.52. The molecule has 0 aromatic heterocycles. The summed E-state index contributed by atoms with van der Waals surface area (Å²) in [5.41, 5.74) is 6.95. The van der Waals surface area contributed by atoms with Gasteiger partial charge in [-0.05, 0) is 58.4 Å². The Labute approximate surface area is 146 Å². The summed E-state index contributed by atoms with van der Waals surface area (Å²) in [6.07, 6.45) is 1.56. The molecule has 1 aliphatic rings. The van der Waals surface area contributed by atoms with Gasteiger partial charge in [-0.15, -0.1) is 0 Å². The van der Waals surface area contributed by atoms with E-state index in [4.69, 9.17) is 0 Å². The summed E-state index contributed by atoms with van der Waals surface area (Å²) >= 11 is 0. The molecule has 0 unspecified atom stereocenters. The Balaban J connectivity index is 1.92. The maximum atomic E-state index is 13.0. The van der Waals surface area contributed by atoms with Crippen LogP contribution < -0.4 is 0 Å². The van der Waals surface area contributed by atoms with Crippen LogP contribution in [0.3, 0.4) is 0 Å². The van der Waals surface area contributed by atoms with Gasteiger partial charge in [0.25, 0.3) is 6.43 Å². The molecule has 0 saturated heterocycles. The lowest BCUT2D eigenvalue weighted by Crippen LogP contribution is -1.92. The van der Waals surface area contributed by atoms with Crippen molar-refractivity contribution < 1.29 is 8.78 Å². The van der Waals surface area contributed by atoms with Gasteiger partial charge in [0.05, 0.1) is 0 Å². The van der Waals surface area contributed by atoms with Crippen molar-refractivity contribution in [3.8, 4) is 0 Å². The number of hydrogen-bond donors (Lipinski definition) is 0. The zero-order chi connectivity index (χ0) is 17.2. The van der Waals surface area contributed by atoms with Crippen LogP contribution in [0.25, 0.3) is 11.6 Å². The Kier molecular flexibility index (Phi) is 4.19. The van der Waals surface area contributed by atoms with Crippen LogP contribution in [0.1, 0.15) is 39.8 Å². The molecule has 25 heavy (non-hydrogen) atoms. The van der Waals surface area contributed by atoms with Crippen molar-refractivity contribution in [2.75, 3.05) is 0 Å². The Bertz CT molecular complexity index is 889. The lowest BCUT2D eigenvalue weighted by Gasteiger charge is -2.12. The van der Waals surface area contributed by atoms with Gasteiger partial charge in [-0.2, -0.15) is 0 Å². The molecule has 0 saturated carbocycles. The SMILES string of the molecule is FC(F)c1cccc(C=C2c3ccccc3CCc3ccccc32)c1. The van der Waals surface area contributed by atoms with Crippen molar-refractivity contribution in [2.45, 2.75) is 19.3 Å². The van der Waals surface area contributed by atoms with Gasteiger partial charge in [0.2, 0.25) is 0 Å². The van der Waals surface area contributed by atoms with Crippen LogP contribution in [-0.2, 0) is 12.8 Å². The van der Waals surface area contributed by atoms with Gasteiger partial charge in [-0.3, -0.25) is 0 Å². The minimum Gasteiger partial charge on any atom is -0.205 e. The standard InChI is InChI=1S/C23H18F2/c24-23(25)19-9-5-6-16(14-19)15-22-20-10-3-1-7-17(20)12-13-18-8-2-4-11-21(18)22/h1-11,14-15,23H,12-13H2. The molecular weight excluding hydrogens is 314 g/mol. The molecule has 2 heteroatoms. The maximum absolute atomic E-state index is 13.0. The van der Waals surface area contributed by atoms with E-state index in [0.717, 1.165) is 24.0 Å². The molecule has 0 bridgehead atoms. The molecule has 0 spiro atoms. The van der Waals surface area contributed by atoms with Crippen molar-refractivity contribution >= 4 is 11.6 Å². The second kappa shape index (κ2) is 6.64. The van der Waals surface area contributed by atoms with Crippen molar-refractivity contribution in [3.63, 3.8) is 0 Å². The molecule has 0 heterocycles. The van der Waals surface area contributed by atoms with Gasteiger partial charge in [-0.1, -0.05) is 66.7 Å². The molecule has 0 fully saturated rings. The van der Waals surface area contributed by atoms with E-state index >= 15 is 0 Å². The van der Waals surface area contributed by atoms with E-state index in [2.05, 4.69) is 36.4 Å². The van der Waals surface area contributed by atoms with Crippen molar-refractivity contribution in [1.82, 2.24) is 0 Å². The molecule has 3 aromatic carbocycles. The van der Waals surface area contributed by atoms with Gasteiger partial charge < -0.3 is 0 Å². The first-order valence-corrected chi connectivity index (χ1v) is 8.49. The smallest absolute Gasteiger partial charge is 0.205 e. The first-order chi connectivity index (χ1) is 12.2. The third kappa shape index (κ3) is 3.12. The minimum absolute atomic E-state index is 0.0598. The maximum Gasteiger partial charge on any atom is 0.263 e. The van der Waals surface area contributed by atoms with Gasteiger partial charge in [0.15, 0.2) is 0 Å². The summed E-state index contributed by atoms with van der Waals surface area (Å²) in [4.78, 5) is 0. The number of fused-ring (bicyclic) bond motifs is 2. The number of rotatable bonds is 2. The summed E-state index contributed by atoms with van der Waals surface area (Å²) in [5, 5.41) is 0. The Morgan fingerprint density at radius 3 is 1.92 bits per heavy atom. The highest BCUT2D eigenvalue weighted by Gasteiger charge is 2.17. The molecule has 0 radical (unpaired) electrons. The van der Waals surface area contributed by atoms with E-state index in [1.54, 1.807) is 12.1 Å². The second-order valence-electron chi connectivity index (χ2n) is 6.34. The topological polar surface area (TPSA) is 0 Å². The molecule has 0 atom stereocenters. The number of alkyl halides is 2. The number of aryl methyl sites for hydroxylation is 2. The van der Waals surface area contributed by atoms with Crippen molar-refractivity contribution in [3.05, 3.63) is 106 Å². The fourth-order valence-electron chi connectivity index (χ4n) is 3.52. The summed E-state index contributed by atoms with van der Waals surface area (Å²) < 4.78 is 26.1. The number of hydrogen-bond acceptors (Lipinski definition) is 0. The normalized spacial score (nSPS) is 13.2. The third-order valence-electron chi connectivity index (χ3n) is 4.75. The van der Waals surface area contributed by atoms with Gasteiger partial charge in [0, 0.05) is 5.56 Å². The van der Waals surface area contributed by atoms with Crippen molar-refractivity contribution in [2.24, 2.45) is 0 Å². The Morgan fingerprint density at radius 2 is 1.32 bits per heavy atom. The highest BCUT2D eigenvalue weighted by Crippen LogP contribution is 2.35. The van der Waals surface area contributed by atoms with Crippen LogP contribution in [0.15, 0.2) is 72.8 Å². The van der Waals surface area contributed by atoms with Gasteiger partial charge in [0.1, 0.15) is 0 Å². The van der Waals surface area contributed by atoms with Crippen LogP contribution in [0.5, 0.6) is 0 Å². The largest absolute Gasteiger partial charge is 0.263 e. The van der Waals surface area contributed by atoms with E-state index in [1.807, 2.05) is 24.3 Å². The molecule has 0 nitrogen and oxygen atoms in total. The van der Waals surface area contributed by atoms with E-state index in [0.29, 0.717) is 0 Å². The predicted molar refractivity (Wildman–Crippen MR) is 98.7 cm³/mol. The summed E-state index contributed by atoms with van der Waals surface area (Å²) in [7, 11) is 0. The quantitative estimate of drug-likeness (QED) is 0.516. The summed E-state index contributed by atoms with van der Waals surface area (Å²) in [6.45, 7) is 0. The van der Waals surface area contributed by atoms with Gasteiger partial charge in [-0.25, -0.2) is 8.78 Å². The summed E-state index contributed by atoms with van der Waals surface area (Å²) in [5.74, 6) is 0. The molecule has 0 N–H and O–H groups in total. The highest BCUT2D eigenvalue weighted by molar-refractivity contribution is 5.94. The first kappa shape index (κ1) is 15.8. The van der Waals surface area contributed by atoms with Crippen LogP contribution in [0.4, 0.5) is 8.78 Å². The number of halogens is 2.